The summed E-state index contributed by atoms with van der Waals surface area (Å²) in [5.74, 6) is 0.532. The van der Waals surface area contributed by atoms with Gasteiger partial charge in [0.15, 0.2) is 11.5 Å². The van der Waals surface area contributed by atoms with Gasteiger partial charge in [0.05, 0.1) is 5.39 Å². The molecular formula is C13H12O2. The minimum absolute atomic E-state index is 0.138. The van der Waals surface area contributed by atoms with Crippen LogP contribution in [0.3, 0.4) is 0 Å². The molecule has 1 aromatic carbocycles. The molecule has 0 spiro atoms. The molecule has 1 aromatic heterocycles. The highest BCUT2D eigenvalue weighted by Gasteiger charge is 2.13. The number of aryl methyl sites for hydroxylation is 1. The van der Waals surface area contributed by atoms with Gasteiger partial charge in [-0.3, -0.25) is 0 Å². The summed E-state index contributed by atoms with van der Waals surface area (Å²) < 4.78 is 5.49. The third-order valence-corrected chi connectivity index (χ3v) is 2.36. The summed E-state index contributed by atoms with van der Waals surface area (Å²) in [6, 6.07) is 5.66. The lowest BCUT2D eigenvalue weighted by Crippen LogP contribution is -1.73. The molecule has 2 aromatic rings. The van der Waals surface area contributed by atoms with Crippen molar-refractivity contribution in [3.05, 3.63) is 48.8 Å². The predicted molar refractivity (Wildman–Crippen MR) is 61.8 cm³/mol. The van der Waals surface area contributed by atoms with Crippen LogP contribution in [-0.2, 0) is 0 Å². The van der Waals surface area contributed by atoms with E-state index >= 15 is 0 Å². The van der Waals surface area contributed by atoms with Crippen LogP contribution in [0, 0.1) is 6.92 Å². The van der Waals surface area contributed by atoms with E-state index in [9.17, 15) is 5.11 Å². The fourth-order valence-corrected chi connectivity index (χ4v) is 1.51. The quantitative estimate of drug-likeness (QED) is 0.751. The number of hydrogen-bond donors (Lipinski definition) is 1. The lowest BCUT2D eigenvalue weighted by atomic mass is 10.1. The number of allylic oxidation sites excluding steroid dienone is 2. The molecule has 0 unspecified atom stereocenters. The lowest BCUT2D eigenvalue weighted by Gasteiger charge is -1.93. The summed E-state index contributed by atoms with van der Waals surface area (Å²) >= 11 is 0. The maximum Gasteiger partial charge on any atom is 0.176 e. The van der Waals surface area contributed by atoms with Gasteiger partial charge in [0, 0.05) is 5.57 Å². The highest BCUT2D eigenvalue weighted by Crippen LogP contribution is 2.36. The second-order valence-electron chi connectivity index (χ2n) is 3.51. The van der Waals surface area contributed by atoms with Crippen LogP contribution in [0.4, 0.5) is 0 Å². The van der Waals surface area contributed by atoms with Crippen LogP contribution in [0.5, 0.6) is 5.75 Å². The molecule has 0 aliphatic rings. The van der Waals surface area contributed by atoms with E-state index in [1.165, 1.54) is 0 Å². The number of fused-ring (bicyclic) bond motifs is 1. The first-order valence-electron chi connectivity index (χ1n) is 4.67. The zero-order chi connectivity index (χ0) is 11.0. The van der Waals surface area contributed by atoms with Crippen molar-refractivity contribution in [3.8, 4) is 5.75 Å². The molecule has 0 saturated heterocycles. The minimum Gasteiger partial charge on any atom is -0.504 e. The first kappa shape index (κ1) is 9.59. The Hall–Kier alpha value is -1.96. The smallest absolute Gasteiger partial charge is 0.176 e. The Balaban J connectivity index is 2.75. The Morgan fingerprint density at radius 1 is 1.47 bits per heavy atom. The van der Waals surface area contributed by atoms with Gasteiger partial charge >= 0.3 is 0 Å². The summed E-state index contributed by atoms with van der Waals surface area (Å²) in [7, 11) is 0. The Kier molecular flexibility index (Phi) is 2.12. The second kappa shape index (κ2) is 3.31. The number of furan rings is 1. The molecule has 0 aliphatic carbocycles. The number of hydrogen-bond acceptors (Lipinski definition) is 2. The number of rotatable bonds is 2. The van der Waals surface area contributed by atoms with Gasteiger partial charge in [-0.25, -0.2) is 0 Å². The summed E-state index contributed by atoms with van der Waals surface area (Å²) in [6.45, 7) is 9.31. The van der Waals surface area contributed by atoms with Crippen molar-refractivity contribution in [1.29, 1.82) is 0 Å². The Bertz CT molecular complexity index is 547. The Morgan fingerprint density at radius 2 is 2.20 bits per heavy atom. The van der Waals surface area contributed by atoms with Gasteiger partial charge in [-0.2, -0.15) is 0 Å². The first-order chi connectivity index (χ1) is 7.13. The second-order valence-corrected chi connectivity index (χ2v) is 3.51. The normalized spacial score (nSPS) is 10.5. The van der Waals surface area contributed by atoms with E-state index in [-0.39, 0.29) is 5.75 Å². The average Bonchev–Trinajstić information content (AvgIpc) is 2.55. The van der Waals surface area contributed by atoms with E-state index in [0.29, 0.717) is 22.3 Å². The van der Waals surface area contributed by atoms with E-state index in [1.54, 1.807) is 6.08 Å². The van der Waals surface area contributed by atoms with Crippen LogP contribution in [0.1, 0.15) is 11.3 Å². The molecule has 0 atom stereocenters. The molecule has 1 heterocycles. The topological polar surface area (TPSA) is 33.4 Å². The van der Waals surface area contributed by atoms with E-state index in [0.717, 1.165) is 5.56 Å². The van der Waals surface area contributed by atoms with E-state index in [4.69, 9.17) is 4.42 Å². The molecule has 0 fully saturated rings. The third kappa shape index (κ3) is 1.44. The standard InChI is InChI=1S/C13H12O2/c1-4-9(3)13-12(14)10-7-8(2)5-6-11(10)15-13/h4-7,14H,1,3H2,2H3. The van der Waals surface area contributed by atoms with Crippen LogP contribution in [0.2, 0.25) is 0 Å². The highest BCUT2D eigenvalue weighted by molar-refractivity contribution is 5.91. The van der Waals surface area contributed by atoms with E-state index in [1.807, 2.05) is 25.1 Å². The molecule has 15 heavy (non-hydrogen) atoms. The zero-order valence-corrected chi connectivity index (χ0v) is 8.58. The molecular weight excluding hydrogens is 188 g/mol. The fraction of sp³-hybridized carbons (Fsp3) is 0.0769. The van der Waals surface area contributed by atoms with Gasteiger partial charge in [0.2, 0.25) is 0 Å². The highest BCUT2D eigenvalue weighted by atomic mass is 16.4. The van der Waals surface area contributed by atoms with Gasteiger partial charge in [0.25, 0.3) is 0 Å². The van der Waals surface area contributed by atoms with Crippen molar-refractivity contribution >= 4 is 16.5 Å². The first-order valence-corrected chi connectivity index (χ1v) is 4.67. The minimum atomic E-state index is 0.138. The monoisotopic (exact) mass is 200 g/mol. The van der Waals surface area contributed by atoms with E-state index < -0.39 is 0 Å². The maximum atomic E-state index is 9.91. The third-order valence-electron chi connectivity index (χ3n) is 2.36. The predicted octanol–water partition coefficient (Wildman–Crippen LogP) is 3.65. The maximum absolute atomic E-state index is 9.91. The van der Waals surface area contributed by atoms with Gasteiger partial charge in [0.1, 0.15) is 5.58 Å². The van der Waals surface area contributed by atoms with Crippen LogP contribution in [0.25, 0.3) is 16.5 Å². The van der Waals surface area contributed by atoms with Crippen molar-refractivity contribution in [2.75, 3.05) is 0 Å². The van der Waals surface area contributed by atoms with Gasteiger partial charge in [-0.05, 0) is 19.1 Å². The summed E-state index contributed by atoms with van der Waals surface area (Å²) in [5.41, 5.74) is 2.33. The molecule has 0 bridgehead atoms. The molecule has 0 radical (unpaired) electrons. The van der Waals surface area contributed by atoms with Crippen molar-refractivity contribution in [1.82, 2.24) is 0 Å². The molecule has 2 rings (SSSR count). The zero-order valence-electron chi connectivity index (χ0n) is 8.58. The number of benzene rings is 1. The summed E-state index contributed by atoms with van der Waals surface area (Å²) in [6.07, 6.45) is 1.56. The van der Waals surface area contributed by atoms with Crippen molar-refractivity contribution in [2.24, 2.45) is 0 Å². The Morgan fingerprint density at radius 3 is 2.87 bits per heavy atom. The number of aromatic hydroxyl groups is 1. The lowest BCUT2D eigenvalue weighted by molar-refractivity contribution is 0.460. The molecule has 2 nitrogen and oxygen atoms in total. The summed E-state index contributed by atoms with van der Waals surface area (Å²) in [5, 5.41) is 10.6. The fourth-order valence-electron chi connectivity index (χ4n) is 1.51. The van der Waals surface area contributed by atoms with Gasteiger partial charge < -0.3 is 9.52 Å². The summed E-state index contributed by atoms with van der Waals surface area (Å²) in [4.78, 5) is 0. The van der Waals surface area contributed by atoms with Crippen LogP contribution >= 0.6 is 0 Å². The van der Waals surface area contributed by atoms with Crippen molar-refractivity contribution in [2.45, 2.75) is 6.92 Å². The van der Waals surface area contributed by atoms with Crippen LogP contribution in [-0.4, -0.2) is 5.11 Å². The van der Waals surface area contributed by atoms with Gasteiger partial charge in [-0.1, -0.05) is 30.9 Å². The SMILES string of the molecule is C=CC(=C)c1oc2ccc(C)cc2c1O. The van der Waals surface area contributed by atoms with Gasteiger partial charge in [-0.15, -0.1) is 0 Å². The van der Waals surface area contributed by atoms with Crippen LogP contribution < -0.4 is 0 Å². The van der Waals surface area contributed by atoms with Crippen LogP contribution in [0.15, 0.2) is 41.9 Å². The molecule has 1 N–H and O–H groups in total. The average molecular weight is 200 g/mol. The molecule has 0 saturated carbocycles. The largest absolute Gasteiger partial charge is 0.504 e. The van der Waals surface area contributed by atoms with Crippen molar-refractivity contribution < 1.29 is 9.52 Å². The van der Waals surface area contributed by atoms with Crippen molar-refractivity contribution in [3.63, 3.8) is 0 Å². The molecule has 0 amide bonds. The molecule has 2 heteroatoms. The molecule has 76 valence electrons. The Labute approximate surface area is 88.1 Å². The van der Waals surface area contributed by atoms with E-state index in [2.05, 4.69) is 13.2 Å². The molecule has 0 aliphatic heterocycles.